The number of amides is 1. The SMILES string of the molecule is C[C@@H]1CCCC(=NNC(=O)Cc2ccccc2)C1. The molecule has 0 heterocycles. The molecule has 0 saturated heterocycles. The fraction of sp³-hybridized carbons (Fsp3) is 0.467. The Morgan fingerprint density at radius 3 is 2.89 bits per heavy atom. The molecular formula is C15H20N2O. The van der Waals surface area contributed by atoms with E-state index in [1.807, 2.05) is 30.3 Å². The second kappa shape index (κ2) is 6.34. The first-order chi connectivity index (χ1) is 8.74. The van der Waals surface area contributed by atoms with Gasteiger partial charge in [0.25, 0.3) is 0 Å². The Morgan fingerprint density at radius 1 is 1.39 bits per heavy atom. The highest BCUT2D eigenvalue weighted by atomic mass is 16.2. The summed E-state index contributed by atoms with van der Waals surface area (Å²) >= 11 is 0. The molecule has 1 aliphatic carbocycles. The molecule has 0 radical (unpaired) electrons. The lowest BCUT2D eigenvalue weighted by atomic mass is 9.89. The van der Waals surface area contributed by atoms with E-state index in [9.17, 15) is 4.79 Å². The molecule has 2 rings (SSSR count). The monoisotopic (exact) mass is 244 g/mol. The fourth-order valence-corrected chi connectivity index (χ4v) is 2.32. The number of nitrogens with zero attached hydrogens (tertiary/aromatic N) is 1. The molecule has 1 aromatic carbocycles. The van der Waals surface area contributed by atoms with Gasteiger partial charge in [-0.05, 0) is 37.2 Å². The van der Waals surface area contributed by atoms with Gasteiger partial charge >= 0.3 is 0 Å². The second-order valence-corrected chi connectivity index (χ2v) is 5.08. The van der Waals surface area contributed by atoms with Crippen LogP contribution in [0.2, 0.25) is 0 Å². The van der Waals surface area contributed by atoms with Crippen LogP contribution >= 0.6 is 0 Å². The minimum atomic E-state index is -0.0353. The van der Waals surface area contributed by atoms with Gasteiger partial charge in [0.15, 0.2) is 0 Å². The molecule has 0 spiro atoms. The topological polar surface area (TPSA) is 41.5 Å². The Morgan fingerprint density at radius 2 is 2.17 bits per heavy atom. The van der Waals surface area contributed by atoms with Gasteiger partial charge in [0, 0.05) is 5.71 Å². The summed E-state index contributed by atoms with van der Waals surface area (Å²) in [7, 11) is 0. The molecule has 1 fully saturated rings. The lowest BCUT2D eigenvalue weighted by Gasteiger charge is -2.18. The Kier molecular flexibility index (Phi) is 4.51. The normalized spacial score (nSPS) is 21.8. The molecule has 0 aromatic heterocycles. The molecule has 0 unspecified atom stereocenters. The number of hydrogen-bond acceptors (Lipinski definition) is 2. The van der Waals surface area contributed by atoms with E-state index in [0.29, 0.717) is 12.3 Å². The Hall–Kier alpha value is -1.64. The molecule has 1 saturated carbocycles. The van der Waals surface area contributed by atoms with Gasteiger partial charge in [0.1, 0.15) is 0 Å². The predicted octanol–water partition coefficient (Wildman–Crippen LogP) is 2.91. The van der Waals surface area contributed by atoms with Crippen molar-refractivity contribution in [2.24, 2.45) is 11.0 Å². The van der Waals surface area contributed by atoms with Crippen LogP contribution in [-0.4, -0.2) is 11.6 Å². The zero-order chi connectivity index (χ0) is 12.8. The van der Waals surface area contributed by atoms with Crippen LogP contribution in [0, 0.1) is 5.92 Å². The van der Waals surface area contributed by atoms with Gasteiger partial charge in [-0.25, -0.2) is 5.43 Å². The highest BCUT2D eigenvalue weighted by molar-refractivity contribution is 5.87. The third kappa shape index (κ3) is 3.99. The van der Waals surface area contributed by atoms with Crippen molar-refractivity contribution < 1.29 is 4.79 Å². The van der Waals surface area contributed by atoms with Crippen LogP contribution in [-0.2, 0) is 11.2 Å². The molecule has 96 valence electrons. The zero-order valence-electron chi connectivity index (χ0n) is 10.9. The van der Waals surface area contributed by atoms with E-state index in [1.165, 1.54) is 12.8 Å². The predicted molar refractivity (Wildman–Crippen MR) is 73.4 cm³/mol. The third-order valence-electron chi connectivity index (χ3n) is 3.29. The molecule has 3 heteroatoms. The van der Waals surface area contributed by atoms with Crippen LogP contribution in [0.4, 0.5) is 0 Å². The maximum atomic E-state index is 11.7. The smallest absolute Gasteiger partial charge is 0.244 e. The van der Waals surface area contributed by atoms with Gasteiger partial charge in [0.05, 0.1) is 6.42 Å². The summed E-state index contributed by atoms with van der Waals surface area (Å²) in [5, 5.41) is 4.25. The summed E-state index contributed by atoms with van der Waals surface area (Å²) in [4.78, 5) is 11.7. The summed E-state index contributed by atoms with van der Waals surface area (Å²) in [6.45, 7) is 2.24. The first-order valence-electron chi connectivity index (χ1n) is 6.62. The van der Waals surface area contributed by atoms with Crippen molar-refractivity contribution in [3.63, 3.8) is 0 Å². The van der Waals surface area contributed by atoms with Crippen molar-refractivity contribution in [1.82, 2.24) is 5.43 Å². The van der Waals surface area contributed by atoms with E-state index < -0.39 is 0 Å². The summed E-state index contributed by atoms with van der Waals surface area (Å²) in [6.07, 6.45) is 4.90. The molecule has 0 bridgehead atoms. The molecule has 3 nitrogen and oxygen atoms in total. The number of hydrogen-bond donors (Lipinski definition) is 1. The second-order valence-electron chi connectivity index (χ2n) is 5.08. The van der Waals surface area contributed by atoms with Crippen LogP contribution in [0.25, 0.3) is 0 Å². The van der Waals surface area contributed by atoms with E-state index in [-0.39, 0.29) is 5.91 Å². The van der Waals surface area contributed by atoms with Crippen molar-refractivity contribution in [3.05, 3.63) is 35.9 Å². The third-order valence-corrected chi connectivity index (χ3v) is 3.29. The quantitative estimate of drug-likeness (QED) is 0.816. The van der Waals surface area contributed by atoms with Gasteiger partial charge in [-0.2, -0.15) is 5.10 Å². The number of carbonyl (C=O) groups excluding carboxylic acids is 1. The van der Waals surface area contributed by atoms with Gasteiger partial charge in [-0.3, -0.25) is 4.79 Å². The Labute approximate surface area is 108 Å². The average molecular weight is 244 g/mol. The number of carbonyl (C=O) groups is 1. The number of benzene rings is 1. The van der Waals surface area contributed by atoms with Crippen LogP contribution < -0.4 is 5.43 Å². The van der Waals surface area contributed by atoms with Crippen LogP contribution in [0.1, 0.15) is 38.2 Å². The summed E-state index contributed by atoms with van der Waals surface area (Å²) < 4.78 is 0. The van der Waals surface area contributed by atoms with Gasteiger partial charge < -0.3 is 0 Å². The first kappa shape index (κ1) is 12.8. The van der Waals surface area contributed by atoms with E-state index >= 15 is 0 Å². The van der Waals surface area contributed by atoms with Gasteiger partial charge in [0.2, 0.25) is 5.91 Å². The molecule has 1 aliphatic rings. The van der Waals surface area contributed by atoms with E-state index in [1.54, 1.807) is 0 Å². The minimum Gasteiger partial charge on any atom is -0.273 e. The lowest BCUT2D eigenvalue weighted by molar-refractivity contribution is -0.120. The van der Waals surface area contributed by atoms with Crippen LogP contribution in [0.3, 0.4) is 0 Å². The zero-order valence-corrected chi connectivity index (χ0v) is 10.9. The van der Waals surface area contributed by atoms with Crippen molar-refractivity contribution >= 4 is 11.6 Å². The Bertz CT molecular complexity index is 425. The maximum absolute atomic E-state index is 11.7. The Balaban J connectivity index is 1.83. The largest absolute Gasteiger partial charge is 0.273 e. The summed E-state index contributed by atoms with van der Waals surface area (Å²) in [5.74, 6) is 0.662. The lowest BCUT2D eigenvalue weighted by Crippen LogP contribution is -2.23. The number of rotatable bonds is 3. The molecule has 1 atom stereocenters. The van der Waals surface area contributed by atoms with Crippen molar-refractivity contribution in [2.75, 3.05) is 0 Å². The van der Waals surface area contributed by atoms with Crippen molar-refractivity contribution in [2.45, 2.75) is 39.0 Å². The van der Waals surface area contributed by atoms with E-state index in [0.717, 1.165) is 24.1 Å². The van der Waals surface area contributed by atoms with Crippen LogP contribution in [0.5, 0.6) is 0 Å². The van der Waals surface area contributed by atoms with E-state index in [4.69, 9.17) is 0 Å². The summed E-state index contributed by atoms with van der Waals surface area (Å²) in [6, 6.07) is 9.74. The fourth-order valence-electron chi connectivity index (χ4n) is 2.32. The molecule has 1 N–H and O–H groups in total. The average Bonchev–Trinajstić information content (AvgIpc) is 2.38. The molecular weight excluding hydrogens is 224 g/mol. The molecule has 0 aliphatic heterocycles. The maximum Gasteiger partial charge on any atom is 0.244 e. The van der Waals surface area contributed by atoms with Crippen molar-refractivity contribution in [3.8, 4) is 0 Å². The minimum absolute atomic E-state index is 0.0353. The van der Waals surface area contributed by atoms with E-state index in [2.05, 4.69) is 17.5 Å². The highest BCUT2D eigenvalue weighted by Gasteiger charge is 2.14. The van der Waals surface area contributed by atoms with Crippen LogP contribution in [0.15, 0.2) is 35.4 Å². The standard InChI is InChI=1S/C15H20N2O/c1-12-6-5-9-14(10-12)16-17-15(18)11-13-7-3-2-4-8-13/h2-4,7-8,12H,5-6,9-11H2,1H3,(H,17,18)/t12-/m1/s1. The number of nitrogens with one attached hydrogen (secondary N) is 1. The summed E-state index contributed by atoms with van der Waals surface area (Å²) in [5.41, 5.74) is 4.83. The molecule has 1 amide bonds. The molecule has 18 heavy (non-hydrogen) atoms. The highest BCUT2D eigenvalue weighted by Crippen LogP contribution is 2.20. The van der Waals surface area contributed by atoms with Gasteiger partial charge in [-0.15, -0.1) is 0 Å². The van der Waals surface area contributed by atoms with Crippen molar-refractivity contribution in [1.29, 1.82) is 0 Å². The first-order valence-corrected chi connectivity index (χ1v) is 6.62. The van der Waals surface area contributed by atoms with Gasteiger partial charge in [-0.1, -0.05) is 37.3 Å². The molecule has 1 aromatic rings. The number of hydrazone groups is 1.